The molecule has 0 unspecified atom stereocenters. The Balaban J connectivity index is 1.51. The lowest BCUT2D eigenvalue weighted by Gasteiger charge is -2.26. The first-order valence-electron chi connectivity index (χ1n) is 8.24. The number of ether oxygens (including phenoxy) is 1. The molecule has 138 valence electrons. The third-order valence-electron chi connectivity index (χ3n) is 3.90. The number of aromatic nitrogens is 2. The molecular formula is C17H19Cl2N5O2. The van der Waals surface area contributed by atoms with Gasteiger partial charge in [0, 0.05) is 31.2 Å². The van der Waals surface area contributed by atoms with Gasteiger partial charge in [0.1, 0.15) is 11.5 Å². The minimum absolute atomic E-state index is 0.194. The monoisotopic (exact) mass is 395 g/mol. The molecule has 1 aliphatic rings. The molecule has 9 heteroatoms. The fourth-order valence-electron chi connectivity index (χ4n) is 2.48. The second-order valence-corrected chi connectivity index (χ2v) is 6.59. The number of benzene rings is 1. The quantitative estimate of drug-likeness (QED) is 0.782. The number of halogens is 2. The number of nitrogens with one attached hydrogen (secondary N) is 2. The Kier molecular flexibility index (Phi) is 6.62. The van der Waals surface area contributed by atoms with Crippen LogP contribution in [0.1, 0.15) is 10.5 Å². The molecule has 0 radical (unpaired) electrons. The molecule has 0 atom stereocenters. The lowest BCUT2D eigenvalue weighted by Crippen LogP contribution is -2.39. The largest absolute Gasteiger partial charge is 0.379 e. The summed E-state index contributed by atoms with van der Waals surface area (Å²) in [4.78, 5) is 22.9. The van der Waals surface area contributed by atoms with Crippen LogP contribution in [0.5, 0.6) is 0 Å². The maximum atomic E-state index is 12.3. The molecule has 1 aromatic carbocycles. The number of morpholine rings is 1. The van der Waals surface area contributed by atoms with Crippen LogP contribution in [0.2, 0.25) is 10.0 Å². The van der Waals surface area contributed by atoms with Crippen molar-refractivity contribution < 1.29 is 9.53 Å². The molecule has 1 saturated heterocycles. The van der Waals surface area contributed by atoms with E-state index in [4.69, 9.17) is 27.9 Å². The number of anilines is 2. The molecule has 0 saturated carbocycles. The van der Waals surface area contributed by atoms with E-state index in [0.29, 0.717) is 21.6 Å². The van der Waals surface area contributed by atoms with Crippen molar-refractivity contribution in [1.82, 2.24) is 14.9 Å². The Labute approximate surface area is 161 Å². The second-order valence-electron chi connectivity index (χ2n) is 5.75. The van der Waals surface area contributed by atoms with Crippen LogP contribution in [-0.4, -0.2) is 60.2 Å². The second kappa shape index (κ2) is 9.14. The van der Waals surface area contributed by atoms with E-state index in [1.807, 2.05) is 0 Å². The highest BCUT2D eigenvalue weighted by Gasteiger charge is 2.12. The van der Waals surface area contributed by atoms with Crippen LogP contribution in [0, 0.1) is 0 Å². The number of hydrogen-bond donors (Lipinski definition) is 2. The molecule has 1 aliphatic heterocycles. The van der Waals surface area contributed by atoms with Gasteiger partial charge in [-0.05, 0) is 18.2 Å². The average Bonchev–Trinajstić information content (AvgIpc) is 2.66. The molecule has 26 heavy (non-hydrogen) atoms. The van der Waals surface area contributed by atoms with Crippen LogP contribution in [0.25, 0.3) is 0 Å². The van der Waals surface area contributed by atoms with Crippen molar-refractivity contribution in [3.8, 4) is 0 Å². The molecule has 0 spiro atoms. The molecule has 2 aromatic rings. The molecule has 2 N–H and O–H groups in total. The number of hydrogen-bond acceptors (Lipinski definition) is 6. The van der Waals surface area contributed by atoms with Gasteiger partial charge in [-0.1, -0.05) is 23.2 Å². The molecule has 3 rings (SSSR count). The van der Waals surface area contributed by atoms with E-state index in [2.05, 4.69) is 25.5 Å². The van der Waals surface area contributed by atoms with E-state index in [1.54, 1.807) is 18.2 Å². The van der Waals surface area contributed by atoms with Gasteiger partial charge in [-0.3, -0.25) is 9.69 Å². The third-order valence-corrected chi connectivity index (χ3v) is 4.46. The van der Waals surface area contributed by atoms with E-state index in [-0.39, 0.29) is 5.69 Å². The third kappa shape index (κ3) is 5.28. The van der Waals surface area contributed by atoms with Crippen molar-refractivity contribution in [3.05, 3.63) is 46.3 Å². The van der Waals surface area contributed by atoms with Crippen LogP contribution in [0.3, 0.4) is 0 Å². The summed E-state index contributed by atoms with van der Waals surface area (Å²) in [5.41, 5.74) is 0.624. The summed E-state index contributed by atoms with van der Waals surface area (Å²) >= 11 is 12.0. The van der Waals surface area contributed by atoms with E-state index in [9.17, 15) is 4.79 Å². The predicted octanol–water partition coefficient (Wildman–Crippen LogP) is 2.78. The maximum Gasteiger partial charge on any atom is 0.275 e. The zero-order valence-corrected chi connectivity index (χ0v) is 15.6. The van der Waals surface area contributed by atoms with Gasteiger partial charge in [-0.15, -0.1) is 0 Å². The van der Waals surface area contributed by atoms with Crippen LogP contribution in [0.4, 0.5) is 11.5 Å². The van der Waals surface area contributed by atoms with E-state index >= 15 is 0 Å². The van der Waals surface area contributed by atoms with Gasteiger partial charge in [0.15, 0.2) is 0 Å². The smallest absolute Gasteiger partial charge is 0.275 e. The number of amides is 1. The van der Waals surface area contributed by atoms with E-state index < -0.39 is 5.91 Å². The summed E-state index contributed by atoms with van der Waals surface area (Å²) in [6.07, 6.45) is 2.96. The number of carbonyl (C=O) groups excluding carboxylic acids is 1. The van der Waals surface area contributed by atoms with Gasteiger partial charge >= 0.3 is 0 Å². The molecule has 1 aromatic heterocycles. The lowest BCUT2D eigenvalue weighted by molar-refractivity contribution is 0.0398. The highest BCUT2D eigenvalue weighted by Crippen LogP contribution is 2.25. The summed E-state index contributed by atoms with van der Waals surface area (Å²) in [7, 11) is 0. The maximum absolute atomic E-state index is 12.3. The minimum atomic E-state index is -0.401. The lowest BCUT2D eigenvalue weighted by atomic mass is 10.3. The molecule has 2 heterocycles. The van der Waals surface area contributed by atoms with Gasteiger partial charge in [-0.25, -0.2) is 9.97 Å². The van der Waals surface area contributed by atoms with Crippen molar-refractivity contribution in [1.29, 1.82) is 0 Å². The van der Waals surface area contributed by atoms with Gasteiger partial charge in [0.25, 0.3) is 5.91 Å². The van der Waals surface area contributed by atoms with Crippen molar-refractivity contribution >= 4 is 40.6 Å². The fourth-order valence-corrected chi connectivity index (χ4v) is 2.82. The molecule has 7 nitrogen and oxygen atoms in total. The topological polar surface area (TPSA) is 79.4 Å². The molecule has 0 aliphatic carbocycles. The highest BCUT2D eigenvalue weighted by molar-refractivity contribution is 6.35. The Hall–Kier alpha value is -1.93. The number of nitrogens with zero attached hydrogens (tertiary/aromatic N) is 3. The van der Waals surface area contributed by atoms with Gasteiger partial charge < -0.3 is 15.4 Å². The van der Waals surface area contributed by atoms with Crippen molar-refractivity contribution in [2.75, 3.05) is 50.0 Å². The summed E-state index contributed by atoms with van der Waals surface area (Å²) in [5.74, 6) is 0.220. The van der Waals surface area contributed by atoms with Crippen LogP contribution in [-0.2, 0) is 4.74 Å². The van der Waals surface area contributed by atoms with E-state index in [0.717, 1.165) is 39.4 Å². The summed E-state index contributed by atoms with van der Waals surface area (Å²) in [6.45, 7) is 5.09. The first kappa shape index (κ1) is 18.8. The fraction of sp³-hybridized carbons (Fsp3) is 0.353. The first-order chi connectivity index (χ1) is 12.6. The highest BCUT2D eigenvalue weighted by atomic mass is 35.5. The van der Waals surface area contributed by atoms with Crippen molar-refractivity contribution in [2.45, 2.75) is 0 Å². The standard InChI is InChI=1S/C17H19Cl2N5O2/c18-12-1-2-13(19)14(9-12)23-17(25)15-10-22-16(11-21-15)20-3-4-24-5-7-26-8-6-24/h1-2,9-11H,3-8H2,(H,20,22)(H,23,25). The van der Waals surface area contributed by atoms with Crippen LogP contribution < -0.4 is 10.6 Å². The average molecular weight is 396 g/mol. The minimum Gasteiger partial charge on any atom is -0.379 e. The summed E-state index contributed by atoms with van der Waals surface area (Å²) in [5, 5.41) is 6.76. The zero-order chi connectivity index (χ0) is 18.4. The first-order valence-corrected chi connectivity index (χ1v) is 9.00. The Bertz CT molecular complexity index is 751. The van der Waals surface area contributed by atoms with Gasteiger partial charge in [0.05, 0.1) is 36.3 Å². The zero-order valence-electron chi connectivity index (χ0n) is 14.0. The number of rotatable bonds is 6. The molecule has 0 bridgehead atoms. The van der Waals surface area contributed by atoms with E-state index in [1.165, 1.54) is 12.4 Å². The summed E-state index contributed by atoms with van der Waals surface area (Å²) in [6, 6.07) is 4.85. The van der Waals surface area contributed by atoms with Crippen molar-refractivity contribution in [3.63, 3.8) is 0 Å². The van der Waals surface area contributed by atoms with Crippen LogP contribution in [0.15, 0.2) is 30.6 Å². The van der Waals surface area contributed by atoms with Gasteiger partial charge in [-0.2, -0.15) is 0 Å². The molecule has 1 fully saturated rings. The SMILES string of the molecule is O=C(Nc1cc(Cl)ccc1Cl)c1cnc(NCCN2CCOCC2)cn1. The van der Waals surface area contributed by atoms with Crippen LogP contribution >= 0.6 is 23.2 Å². The Morgan fingerprint density at radius 2 is 2.00 bits per heavy atom. The normalized spacial score (nSPS) is 14.8. The predicted molar refractivity (Wildman–Crippen MR) is 102 cm³/mol. The van der Waals surface area contributed by atoms with Crippen molar-refractivity contribution in [2.24, 2.45) is 0 Å². The Morgan fingerprint density at radius 1 is 1.19 bits per heavy atom. The molecule has 1 amide bonds. The molecular weight excluding hydrogens is 377 g/mol. The Morgan fingerprint density at radius 3 is 2.73 bits per heavy atom. The number of carbonyl (C=O) groups is 1. The summed E-state index contributed by atoms with van der Waals surface area (Å²) < 4.78 is 5.32. The van der Waals surface area contributed by atoms with Gasteiger partial charge in [0.2, 0.25) is 0 Å².